The number of aromatic nitrogens is 6. The third-order valence-electron chi connectivity index (χ3n) is 6.97. The number of alkyl halides is 9. The number of nitrogens with one attached hydrogen (secondary N) is 3. The molecule has 15 nitrogen and oxygen atoms in total. The van der Waals surface area contributed by atoms with Crippen molar-refractivity contribution in [1.29, 1.82) is 0 Å². The number of carboxylic acids is 3. The molecule has 1 aliphatic heterocycles. The number of methoxy groups -OCH3 is 1. The van der Waals surface area contributed by atoms with Crippen LogP contribution < -0.4 is 15.4 Å². The average Bonchev–Trinajstić information content (AvgIpc) is 3.77. The second-order valence-electron chi connectivity index (χ2n) is 10.6. The number of hydrogen-bond acceptors (Lipinski definition) is 10. The topological polar surface area (TPSA) is 217 Å². The number of aromatic amines is 1. The molecule has 4 heterocycles. The zero-order chi connectivity index (χ0) is 41.0. The molecule has 1 aliphatic rings. The minimum absolute atomic E-state index is 0.418. The van der Waals surface area contributed by atoms with Crippen LogP contribution in [0.3, 0.4) is 0 Å². The van der Waals surface area contributed by atoms with Gasteiger partial charge in [-0.3, -0.25) is 4.68 Å². The van der Waals surface area contributed by atoms with E-state index in [2.05, 4.69) is 46.5 Å². The Kier molecular flexibility index (Phi) is 15.8. The molecule has 4 aromatic rings. The molecule has 0 aliphatic carbocycles. The molecule has 6 N–H and O–H groups in total. The van der Waals surface area contributed by atoms with Crippen LogP contribution in [0.15, 0.2) is 31.1 Å². The van der Waals surface area contributed by atoms with E-state index in [0.29, 0.717) is 29.7 Å². The molecule has 5 rings (SSSR count). The summed E-state index contributed by atoms with van der Waals surface area (Å²) in [5.41, 5.74) is 5.46. The van der Waals surface area contributed by atoms with E-state index in [-0.39, 0.29) is 0 Å². The smallest absolute Gasteiger partial charge is 0.490 e. The van der Waals surface area contributed by atoms with E-state index >= 15 is 0 Å². The molecular formula is C29H30ClF9N8O7. The third-order valence-corrected chi connectivity index (χ3v) is 7.36. The molecule has 0 radical (unpaired) electrons. The first-order chi connectivity index (χ1) is 25.0. The van der Waals surface area contributed by atoms with Gasteiger partial charge in [0, 0.05) is 28.9 Å². The second kappa shape index (κ2) is 19.1. The Hall–Kier alpha value is -5.39. The molecule has 3 aromatic heterocycles. The van der Waals surface area contributed by atoms with Gasteiger partial charge in [0.2, 0.25) is 0 Å². The highest BCUT2D eigenvalue weighted by Crippen LogP contribution is 2.40. The monoisotopic (exact) mass is 808 g/mol. The molecular weight excluding hydrogens is 779 g/mol. The predicted molar refractivity (Wildman–Crippen MR) is 170 cm³/mol. The predicted octanol–water partition coefficient (Wildman–Crippen LogP) is 5.67. The molecule has 1 aromatic carbocycles. The van der Waals surface area contributed by atoms with E-state index in [1.54, 1.807) is 13.4 Å². The van der Waals surface area contributed by atoms with Gasteiger partial charge < -0.3 is 35.7 Å². The van der Waals surface area contributed by atoms with E-state index in [4.69, 9.17) is 46.0 Å². The van der Waals surface area contributed by atoms with Crippen LogP contribution in [-0.4, -0.2) is 108 Å². The zero-order valence-electron chi connectivity index (χ0n) is 27.7. The number of rotatable bonds is 7. The van der Waals surface area contributed by atoms with Crippen molar-refractivity contribution in [3.63, 3.8) is 0 Å². The number of benzene rings is 1. The van der Waals surface area contributed by atoms with Crippen LogP contribution in [0.25, 0.3) is 22.3 Å². The Morgan fingerprint density at radius 1 is 0.944 bits per heavy atom. The lowest BCUT2D eigenvalue weighted by Gasteiger charge is -2.22. The van der Waals surface area contributed by atoms with Crippen molar-refractivity contribution in [1.82, 2.24) is 35.0 Å². The van der Waals surface area contributed by atoms with Gasteiger partial charge in [-0.1, -0.05) is 11.6 Å². The molecule has 1 saturated heterocycles. The van der Waals surface area contributed by atoms with Gasteiger partial charge in [0.1, 0.15) is 17.6 Å². The van der Waals surface area contributed by atoms with Gasteiger partial charge in [-0.2, -0.15) is 44.6 Å². The van der Waals surface area contributed by atoms with E-state index in [0.717, 1.165) is 65.3 Å². The Morgan fingerprint density at radius 2 is 1.48 bits per heavy atom. The number of carboxylic acid groups (broad SMARTS) is 3. The highest BCUT2D eigenvalue weighted by atomic mass is 35.5. The van der Waals surface area contributed by atoms with Crippen LogP contribution in [0.1, 0.15) is 30.0 Å². The van der Waals surface area contributed by atoms with Gasteiger partial charge in [-0.25, -0.2) is 29.3 Å². The van der Waals surface area contributed by atoms with Crippen LogP contribution >= 0.6 is 11.6 Å². The summed E-state index contributed by atoms with van der Waals surface area (Å²) in [5, 5.41) is 33.5. The summed E-state index contributed by atoms with van der Waals surface area (Å²) in [5.74, 6) is -6.72. The average molecular weight is 809 g/mol. The standard InChI is InChI=1S/C23H27ClN8O.3C2HF3O2/c1-14-18(24)9-15(3-8-26-22-20-23(28-12-27-20)30-13-29-22)21(33-2)19(14)16-10-31-32(11-16)17-4-6-25-7-5-17;3*3-2(4,5)1(6)7/h9-13,17,25H,3-8H2,1-2H3,(H2,26,27,28,29,30);3*(H,6,7). The summed E-state index contributed by atoms with van der Waals surface area (Å²) in [6, 6.07) is 2.41. The summed E-state index contributed by atoms with van der Waals surface area (Å²) in [6.45, 7) is 4.72. The number of nitrogens with zero attached hydrogens (tertiary/aromatic N) is 5. The van der Waals surface area contributed by atoms with Gasteiger partial charge in [0.15, 0.2) is 11.5 Å². The number of carbonyl (C=O) groups is 3. The Balaban J connectivity index is 0.000000393. The van der Waals surface area contributed by atoms with Crippen molar-refractivity contribution in [3.05, 3.63) is 47.3 Å². The normalized spacial score (nSPS) is 13.3. The van der Waals surface area contributed by atoms with Crippen molar-refractivity contribution in [2.45, 2.75) is 50.8 Å². The number of halogens is 10. The zero-order valence-corrected chi connectivity index (χ0v) is 28.5. The highest BCUT2D eigenvalue weighted by Gasteiger charge is 2.39. The summed E-state index contributed by atoms with van der Waals surface area (Å²) in [6.07, 6.45) is -5.22. The maximum atomic E-state index is 10.6. The van der Waals surface area contributed by atoms with Gasteiger partial charge in [0.05, 0.1) is 25.7 Å². The third kappa shape index (κ3) is 13.2. The molecule has 0 saturated carbocycles. The molecule has 298 valence electrons. The molecule has 25 heteroatoms. The molecule has 0 bridgehead atoms. The molecule has 1 fully saturated rings. The van der Waals surface area contributed by atoms with Crippen LogP contribution in [0.2, 0.25) is 5.02 Å². The number of aliphatic carboxylic acids is 3. The minimum Gasteiger partial charge on any atom is -0.496 e. The number of imidazole rings is 1. The quantitative estimate of drug-likeness (QED) is 0.124. The number of H-pyrrole nitrogens is 1. The molecule has 0 spiro atoms. The van der Waals surface area contributed by atoms with E-state index in [9.17, 15) is 39.5 Å². The Bertz CT molecular complexity index is 1820. The van der Waals surface area contributed by atoms with Crippen molar-refractivity contribution in [2.75, 3.05) is 32.1 Å². The lowest BCUT2D eigenvalue weighted by atomic mass is 9.97. The van der Waals surface area contributed by atoms with Crippen LogP contribution in [0, 0.1) is 6.92 Å². The van der Waals surface area contributed by atoms with Gasteiger partial charge in [0.25, 0.3) is 0 Å². The maximum Gasteiger partial charge on any atom is 0.490 e. The van der Waals surface area contributed by atoms with Crippen LogP contribution in [-0.2, 0) is 20.8 Å². The van der Waals surface area contributed by atoms with Gasteiger partial charge >= 0.3 is 36.4 Å². The first kappa shape index (κ1) is 44.8. The van der Waals surface area contributed by atoms with Crippen molar-refractivity contribution < 1.29 is 74.0 Å². The SMILES string of the molecule is COc1c(CCNc2ncnc3nc[nH]c23)cc(Cl)c(C)c1-c1cnn(C2CCNCC2)c1.O=C(O)C(F)(F)F.O=C(O)C(F)(F)F.O=C(O)C(F)(F)F. The number of piperidine rings is 1. The van der Waals surface area contributed by atoms with E-state index in [1.165, 1.54) is 6.33 Å². The molecule has 0 atom stereocenters. The number of hydrogen-bond donors (Lipinski definition) is 6. The van der Waals surface area contributed by atoms with Gasteiger partial charge in [-0.15, -0.1) is 0 Å². The first-order valence-corrected chi connectivity index (χ1v) is 15.3. The second-order valence-corrected chi connectivity index (χ2v) is 11.1. The fourth-order valence-corrected chi connectivity index (χ4v) is 4.72. The number of anilines is 1. The maximum absolute atomic E-state index is 10.6. The summed E-state index contributed by atoms with van der Waals surface area (Å²) in [4.78, 5) is 42.4. The van der Waals surface area contributed by atoms with Crippen LogP contribution in [0.5, 0.6) is 5.75 Å². The Morgan fingerprint density at radius 3 is 1.98 bits per heavy atom. The summed E-state index contributed by atoms with van der Waals surface area (Å²) in [7, 11) is 1.71. The minimum atomic E-state index is -5.08. The van der Waals surface area contributed by atoms with Crippen molar-refractivity contribution >= 4 is 46.5 Å². The van der Waals surface area contributed by atoms with Crippen LogP contribution in [0.4, 0.5) is 45.3 Å². The first-order valence-electron chi connectivity index (χ1n) is 14.9. The van der Waals surface area contributed by atoms with Crippen molar-refractivity contribution in [3.8, 4) is 16.9 Å². The van der Waals surface area contributed by atoms with E-state index in [1.807, 2.05) is 19.2 Å². The number of ether oxygens (including phenoxy) is 1. The summed E-state index contributed by atoms with van der Waals surface area (Å²) >= 11 is 6.67. The molecule has 0 amide bonds. The van der Waals surface area contributed by atoms with Crippen molar-refractivity contribution in [2.24, 2.45) is 0 Å². The van der Waals surface area contributed by atoms with Gasteiger partial charge in [-0.05, 0) is 56.5 Å². The Labute approximate surface area is 302 Å². The van der Waals surface area contributed by atoms with E-state index < -0.39 is 36.4 Å². The molecule has 54 heavy (non-hydrogen) atoms. The fraction of sp³-hybridized carbons (Fsp3) is 0.414. The number of fused-ring (bicyclic) bond motifs is 1. The highest BCUT2D eigenvalue weighted by molar-refractivity contribution is 6.32. The summed E-state index contributed by atoms with van der Waals surface area (Å²) < 4.78 is 103. The lowest BCUT2D eigenvalue weighted by molar-refractivity contribution is -0.193. The lowest BCUT2D eigenvalue weighted by Crippen LogP contribution is -2.29. The molecule has 0 unspecified atom stereocenters. The largest absolute Gasteiger partial charge is 0.496 e. The fourth-order valence-electron chi connectivity index (χ4n) is 4.50.